The molecule has 1 aliphatic rings. The molecule has 0 unspecified atom stereocenters. The van der Waals surface area contributed by atoms with Crippen molar-refractivity contribution in [3.8, 4) is 5.75 Å². The van der Waals surface area contributed by atoms with Crippen molar-refractivity contribution in [2.24, 2.45) is 5.92 Å². The van der Waals surface area contributed by atoms with Crippen molar-refractivity contribution in [1.82, 2.24) is 9.80 Å². The summed E-state index contributed by atoms with van der Waals surface area (Å²) >= 11 is 18.3. The number of nitrogens with one attached hydrogen (secondary N) is 1. The number of rotatable bonds is 9. The Morgan fingerprint density at radius 2 is 1.75 bits per heavy atom. The Hall–Kier alpha value is -2.57. The van der Waals surface area contributed by atoms with E-state index in [4.69, 9.17) is 44.3 Å². The van der Waals surface area contributed by atoms with Gasteiger partial charge in [0.25, 0.3) is 15.9 Å². The first-order valence-electron chi connectivity index (χ1n) is 16.0. The van der Waals surface area contributed by atoms with Crippen molar-refractivity contribution in [2.75, 3.05) is 38.1 Å². The van der Waals surface area contributed by atoms with Crippen LogP contribution in [-0.4, -0.2) is 80.8 Å². The first-order valence-corrected chi connectivity index (χ1v) is 18.6. The fourth-order valence-electron chi connectivity index (χ4n) is 5.60. The van der Waals surface area contributed by atoms with Crippen LogP contribution in [0.4, 0.5) is 5.69 Å². The van der Waals surface area contributed by atoms with Gasteiger partial charge in [0.15, 0.2) is 0 Å². The number of aliphatic hydroxyl groups is 1. The number of likely N-dealkylation sites (N-methyl/N-ethyl adjacent to an activating group) is 1. The first-order chi connectivity index (χ1) is 22.8. The number of hydrogen-bond acceptors (Lipinski definition) is 7. The van der Waals surface area contributed by atoms with Gasteiger partial charge in [0, 0.05) is 42.9 Å². The van der Waals surface area contributed by atoms with Crippen molar-refractivity contribution in [2.45, 2.75) is 69.7 Å². The monoisotopic (exact) mass is 739 g/mol. The van der Waals surface area contributed by atoms with Crippen LogP contribution in [0, 0.1) is 5.92 Å². The molecule has 0 saturated heterocycles. The molecule has 0 bridgehead atoms. The summed E-state index contributed by atoms with van der Waals surface area (Å²) in [6.45, 7) is 7.52. The molecule has 3 aromatic carbocycles. The van der Waals surface area contributed by atoms with E-state index in [1.165, 1.54) is 30.3 Å². The van der Waals surface area contributed by atoms with Crippen molar-refractivity contribution >= 4 is 56.4 Å². The van der Waals surface area contributed by atoms with Gasteiger partial charge < -0.3 is 19.5 Å². The Balaban J connectivity index is 1.63. The molecule has 0 fully saturated rings. The normalized spacial score (nSPS) is 20.5. The minimum atomic E-state index is -3.97. The number of amides is 1. The number of ether oxygens (including phenoxy) is 2. The van der Waals surface area contributed by atoms with Crippen LogP contribution in [0.1, 0.15) is 56.0 Å². The van der Waals surface area contributed by atoms with Crippen LogP contribution < -0.4 is 9.46 Å². The van der Waals surface area contributed by atoms with Crippen LogP contribution in [0.2, 0.25) is 15.1 Å². The SMILES string of the molecule is C[C@@H]1CCCCO[C@H](CN(C)Cc2ccc(Cl)c(Cl)c2)[C@@H](C)CN([C@@H](C)CO)C(=O)c2cc(NS(=O)(=O)c3ccc(Cl)cc3)ccc2O1. The van der Waals surface area contributed by atoms with Crippen LogP contribution in [0.5, 0.6) is 5.75 Å². The third kappa shape index (κ3) is 10.5. The summed E-state index contributed by atoms with van der Waals surface area (Å²) in [5.41, 5.74) is 1.40. The highest BCUT2D eigenvalue weighted by atomic mass is 35.5. The molecule has 0 aromatic heterocycles. The van der Waals surface area contributed by atoms with Gasteiger partial charge in [0.1, 0.15) is 5.75 Å². The van der Waals surface area contributed by atoms with Gasteiger partial charge in [-0.3, -0.25) is 14.4 Å². The fourth-order valence-corrected chi connectivity index (χ4v) is 7.09. The molecule has 0 saturated carbocycles. The second-order valence-electron chi connectivity index (χ2n) is 12.5. The molecule has 4 atom stereocenters. The summed E-state index contributed by atoms with van der Waals surface area (Å²) in [6.07, 6.45) is 1.98. The van der Waals surface area contributed by atoms with E-state index in [9.17, 15) is 18.3 Å². The lowest BCUT2D eigenvalue weighted by Gasteiger charge is -2.36. The van der Waals surface area contributed by atoms with Crippen molar-refractivity contribution < 1.29 is 27.8 Å². The third-order valence-electron chi connectivity index (χ3n) is 8.36. The molecule has 262 valence electrons. The smallest absolute Gasteiger partial charge is 0.261 e. The molecule has 4 rings (SSSR count). The van der Waals surface area contributed by atoms with Gasteiger partial charge in [-0.05, 0) is 100 Å². The maximum atomic E-state index is 14.4. The average molecular weight is 741 g/mol. The minimum absolute atomic E-state index is 0.0303. The van der Waals surface area contributed by atoms with Crippen molar-refractivity contribution in [3.63, 3.8) is 0 Å². The number of anilines is 1. The number of benzene rings is 3. The minimum Gasteiger partial charge on any atom is -0.490 e. The molecule has 13 heteroatoms. The predicted octanol–water partition coefficient (Wildman–Crippen LogP) is 7.38. The number of hydrogen-bond donors (Lipinski definition) is 2. The van der Waals surface area contributed by atoms with E-state index in [1.807, 2.05) is 33.0 Å². The summed E-state index contributed by atoms with van der Waals surface area (Å²) in [5, 5.41) is 11.6. The number of carbonyl (C=O) groups excluding carboxylic acids is 1. The Morgan fingerprint density at radius 1 is 1.02 bits per heavy atom. The van der Waals surface area contributed by atoms with Gasteiger partial charge in [0.05, 0.1) is 45.4 Å². The molecular formula is C35H44Cl3N3O6S. The standard InChI is InChI=1S/C35H44Cl3N3O6S/c1-23-19-41(24(2)22-42)35(43)30-18-28(39-48(44,45)29-12-9-27(36)10-13-29)11-15-33(30)47-25(3)7-5-6-16-46-34(23)21-40(4)20-26-8-14-31(37)32(38)17-26/h8-15,17-18,23-25,34,39,42H,5-7,16,19-22H2,1-4H3/t23-,24-,25+,34+/m0/s1. The quantitative estimate of drug-likeness (QED) is 0.236. The van der Waals surface area contributed by atoms with Gasteiger partial charge in [-0.1, -0.05) is 47.8 Å². The topological polar surface area (TPSA) is 108 Å². The van der Waals surface area contributed by atoms with E-state index >= 15 is 0 Å². The molecule has 9 nitrogen and oxygen atoms in total. The van der Waals surface area contributed by atoms with Gasteiger partial charge >= 0.3 is 0 Å². The van der Waals surface area contributed by atoms with Gasteiger partial charge in [-0.15, -0.1) is 0 Å². The fraction of sp³-hybridized carbons (Fsp3) is 0.457. The molecule has 0 spiro atoms. The zero-order valence-electron chi connectivity index (χ0n) is 27.7. The Labute approximate surface area is 299 Å². The lowest BCUT2D eigenvalue weighted by atomic mass is 10.0. The molecule has 48 heavy (non-hydrogen) atoms. The number of aliphatic hydroxyl groups excluding tert-OH is 1. The predicted molar refractivity (Wildman–Crippen MR) is 192 cm³/mol. The molecular weight excluding hydrogens is 697 g/mol. The van der Waals surface area contributed by atoms with Crippen molar-refractivity contribution in [3.05, 3.63) is 86.9 Å². The van der Waals surface area contributed by atoms with E-state index in [2.05, 4.69) is 9.62 Å². The van der Waals surface area contributed by atoms with E-state index in [1.54, 1.807) is 30.0 Å². The second kappa shape index (κ2) is 17.4. The lowest BCUT2D eigenvalue weighted by molar-refractivity contribution is -0.0177. The largest absolute Gasteiger partial charge is 0.490 e. The Kier molecular flexibility index (Phi) is 13.8. The summed E-state index contributed by atoms with van der Waals surface area (Å²) < 4.78 is 41.7. The summed E-state index contributed by atoms with van der Waals surface area (Å²) in [4.78, 5) is 18.2. The average Bonchev–Trinajstić information content (AvgIpc) is 3.04. The highest BCUT2D eigenvalue weighted by Crippen LogP contribution is 2.30. The zero-order chi connectivity index (χ0) is 35.0. The van der Waals surface area contributed by atoms with Gasteiger partial charge in [-0.25, -0.2) is 8.42 Å². The molecule has 0 aliphatic carbocycles. The molecule has 0 radical (unpaired) electrons. The molecule has 3 aromatic rings. The van der Waals surface area contributed by atoms with Crippen LogP contribution in [0.3, 0.4) is 0 Å². The molecule has 1 heterocycles. The Bertz CT molecular complexity index is 1640. The van der Waals surface area contributed by atoms with E-state index in [0.717, 1.165) is 24.8 Å². The van der Waals surface area contributed by atoms with Crippen LogP contribution >= 0.6 is 34.8 Å². The van der Waals surface area contributed by atoms with E-state index in [-0.39, 0.29) is 47.4 Å². The molecule has 1 amide bonds. The number of carbonyl (C=O) groups is 1. The highest BCUT2D eigenvalue weighted by Gasteiger charge is 2.31. The summed E-state index contributed by atoms with van der Waals surface area (Å²) in [6, 6.07) is 15.5. The van der Waals surface area contributed by atoms with Crippen LogP contribution in [0.15, 0.2) is 65.6 Å². The third-order valence-corrected chi connectivity index (χ3v) is 10.7. The number of nitrogens with zero attached hydrogens (tertiary/aromatic N) is 2. The molecule has 2 N–H and O–H groups in total. The zero-order valence-corrected chi connectivity index (χ0v) is 30.7. The number of halogens is 3. The number of sulfonamides is 1. The lowest BCUT2D eigenvalue weighted by Crippen LogP contribution is -2.47. The maximum Gasteiger partial charge on any atom is 0.261 e. The first kappa shape index (κ1) is 38.2. The Morgan fingerprint density at radius 3 is 2.44 bits per heavy atom. The maximum absolute atomic E-state index is 14.4. The van der Waals surface area contributed by atoms with E-state index < -0.39 is 22.0 Å². The molecule has 1 aliphatic heterocycles. The summed E-state index contributed by atoms with van der Waals surface area (Å²) in [5.74, 6) is -0.175. The van der Waals surface area contributed by atoms with E-state index in [0.29, 0.717) is 40.5 Å². The summed E-state index contributed by atoms with van der Waals surface area (Å²) in [7, 11) is -1.97. The highest BCUT2D eigenvalue weighted by molar-refractivity contribution is 7.92. The van der Waals surface area contributed by atoms with Crippen LogP contribution in [-0.2, 0) is 21.3 Å². The van der Waals surface area contributed by atoms with Crippen LogP contribution in [0.25, 0.3) is 0 Å². The van der Waals surface area contributed by atoms with Gasteiger partial charge in [-0.2, -0.15) is 0 Å². The van der Waals surface area contributed by atoms with Gasteiger partial charge in [0.2, 0.25) is 0 Å². The number of fused-ring (bicyclic) bond motifs is 1. The second-order valence-corrected chi connectivity index (χ2v) is 15.4. The van der Waals surface area contributed by atoms with Crippen molar-refractivity contribution in [1.29, 1.82) is 0 Å².